The lowest BCUT2D eigenvalue weighted by Crippen LogP contribution is -2.59. The van der Waals surface area contributed by atoms with Crippen LogP contribution >= 0.6 is 0 Å². The zero-order chi connectivity index (χ0) is 12.0. The maximum absolute atomic E-state index is 11.7. The summed E-state index contributed by atoms with van der Waals surface area (Å²) in [5, 5.41) is 2.96. The fraction of sp³-hybridized carbons (Fsp3) is 0.833. The van der Waals surface area contributed by atoms with Crippen molar-refractivity contribution in [3.05, 3.63) is 0 Å². The van der Waals surface area contributed by atoms with Crippen LogP contribution in [0.2, 0.25) is 0 Å². The number of amides is 1. The van der Waals surface area contributed by atoms with Gasteiger partial charge < -0.3 is 14.8 Å². The first-order chi connectivity index (χ1) is 8.14. The van der Waals surface area contributed by atoms with E-state index in [9.17, 15) is 9.59 Å². The number of nitrogens with one attached hydrogen (secondary N) is 1. The highest BCUT2D eigenvalue weighted by atomic mass is 16.6. The predicted molar refractivity (Wildman–Crippen MR) is 58.2 cm³/mol. The van der Waals surface area contributed by atoms with E-state index < -0.39 is 0 Å². The molecule has 1 spiro atoms. The Hall–Kier alpha value is -1.26. The highest BCUT2D eigenvalue weighted by Crippen LogP contribution is 2.51. The van der Waals surface area contributed by atoms with Crippen molar-refractivity contribution in [3.63, 3.8) is 0 Å². The molecule has 1 heterocycles. The molecule has 1 N–H and O–H groups in total. The standard InChI is InChI=1S/C12H17NO4/c1-16-10(14)9-4-8-3-2-7(9)5-12(8)6-17-11(15)13-12/h7-9H,2-6H2,1H3,(H,13,15). The van der Waals surface area contributed by atoms with Gasteiger partial charge in [0.05, 0.1) is 18.6 Å². The molecule has 1 saturated heterocycles. The lowest BCUT2D eigenvalue weighted by atomic mass is 9.56. The van der Waals surface area contributed by atoms with Gasteiger partial charge in [-0.3, -0.25) is 4.79 Å². The van der Waals surface area contributed by atoms with E-state index in [1.54, 1.807) is 0 Å². The van der Waals surface area contributed by atoms with Gasteiger partial charge >= 0.3 is 12.1 Å². The van der Waals surface area contributed by atoms with Crippen molar-refractivity contribution in [2.45, 2.75) is 31.2 Å². The molecule has 94 valence electrons. The van der Waals surface area contributed by atoms with Gasteiger partial charge in [-0.05, 0) is 37.5 Å². The van der Waals surface area contributed by atoms with Gasteiger partial charge in [-0.2, -0.15) is 0 Å². The number of ether oxygens (including phenoxy) is 2. The molecule has 2 bridgehead atoms. The van der Waals surface area contributed by atoms with Crippen LogP contribution in [-0.2, 0) is 14.3 Å². The van der Waals surface area contributed by atoms with Crippen LogP contribution in [0.5, 0.6) is 0 Å². The first-order valence-electron chi connectivity index (χ1n) is 6.17. The van der Waals surface area contributed by atoms with E-state index in [1.165, 1.54) is 7.11 Å². The lowest BCUT2D eigenvalue weighted by Gasteiger charge is -2.51. The summed E-state index contributed by atoms with van der Waals surface area (Å²) < 4.78 is 9.91. The highest BCUT2D eigenvalue weighted by molar-refractivity contribution is 5.74. The molecule has 4 aliphatic rings. The Morgan fingerprint density at radius 3 is 2.88 bits per heavy atom. The van der Waals surface area contributed by atoms with Crippen molar-refractivity contribution in [1.82, 2.24) is 5.32 Å². The van der Waals surface area contributed by atoms with E-state index >= 15 is 0 Å². The smallest absolute Gasteiger partial charge is 0.407 e. The molecule has 4 fully saturated rings. The number of methoxy groups -OCH3 is 1. The number of hydrogen-bond acceptors (Lipinski definition) is 4. The lowest BCUT2D eigenvalue weighted by molar-refractivity contribution is -0.153. The quantitative estimate of drug-likeness (QED) is 0.695. The Bertz CT molecular complexity index is 370. The summed E-state index contributed by atoms with van der Waals surface area (Å²) >= 11 is 0. The Kier molecular flexibility index (Phi) is 2.31. The molecule has 0 aromatic carbocycles. The molecule has 4 unspecified atom stereocenters. The molecule has 4 atom stereocenters. The van der Waals surface area contributed by atoms with Crippen molar-refractivity contribution >= 4 is 12.1 Å². The monoisotopic (exact) mass is 239 g/mol. The van der Waals surface area contributed by atoms with Gasteiger partial charge in [0.15, 0.2) is 0 Å². The second kappa shape index (κ2) is 3.62. The summed E-state index contributed by atoms with van der Waals surface area (Å²) in [6.45, 7) is 0.459. The van der Waals surface area contributed by atoms with E-state index in [0.717, 1.165) is 25.7 Å². The van der Waals surface area contributed by atoms with Gasteiger partial charge in [-0.15, -0.1) is 0 Å². The molecule has 0 aromatic heterocycles. The van der Waals surface area contributed by atoms with Gasteiger partial charge in [0.2, 0.25) is 0 Å². The third-order valence-electron chi connectivity index (χ3n) is 4.72. The molecular weight excluding hydrogens is 222 g/mol. The van der Waals surface area contributed by atoms with Gasteiger partial charge in [-0.1, -0.05) is 0 Å². The van der Waals surface area contributed by atoms with Gasteiger partial charge in [0.25, 0.3) is 0 Å². The molecule has 4 rings (SSSR count). The minimum atomic E-state index is -0.313. The number of carbonyl (C=O) groups excluding carboxylic acids is 2. The van der Waals surface area contributed by atoms with Crippen LogP contribution < -0.4 is 5.32 Å². The van der Waals surface area contributed by atoms with Crippen molar-refractivity contribution in [1.29, 1.82) is 0 Å². The molecule has 17 heavy (non-hydrogen) atoms. The topological polar surface area (TPSA) is 64.6 Å². The molecular formula is C12H17NO4. The van der Waals surface area contributed by atoms with Crippen LogP contribution in [0.4, 0.5) is 4.79 Å². The average Bonchev–Trinajstić information content (AvgIpc) is 2.70. The Balaban J connectivity index is 1.80. The zero-order valence-corrected chi connectivity index (χ0v) is 9.90. The summed E-state index contributed by atoms with van der Waals surface area (Å²) in [6.07, 6.45) is 3.49. The van der Waals surface area contributed by atoms with E-state index in [2.05, 4.69) is 5.32 Å². The SMILES string of the molecule is COC(=O)C1CC2CCC1CC21COC(=O)N1. The third-order valence-corrected chi connectivity index (χ3v) is 4.72. The van der Waals surface area contributed by atoms with Crippen LogP contribution in [0.15, 0.2) is 0 Å². The van der Waals surface area contributed by atoms with Gasteiger partial charge in [-0.25, -0.2) is 4.79 Å². The largest absolute Gasteiger partial charge is 0.469 e. The molecule has 5 nitrogen and oxygen atoms in total. The summed E-state index contributed by atoms with van der Waals surface area (Å²) in [7, 11) is 1.45. The summed E-state index contributed by atoms with van der Waals surface area (Å²) in [4.78, 5) is 22.9. The molecule has 3 saturated carbocycles. The number of esters is 1. The predicted octanol–water partition coefficient (Wildman–Crippen LogP) is 1.07. The number of alkyl carbamates (subject to hydrolysis) is 1. The number of fused-ring (bicyclic) bond motifs is 2. The van der Waals surface area contributed by atoms with Crippen LogP contribution in [0.1, 0.15) is 25.7 Å². The van der Waals surface area contributed by atoms with E-state index in [1.807, 2.05) is 0 Å². The van der Waals surface area contributed by atoms with Crippen molar-refractivity contribution in [2.24, 2.45) is 17.8 Å². The van der Waals surface area contributed by atoms with Crippen LogP contribution in [-0.4, -0.2) is 31.3 Å². The maximum Gasteiger partial charge on any atom is 0.407 e. The Morgan fingerprint density at radius 2 is 2.35 bits per heavy atom. The average molecular weight is 239 g/mol. The minimum absolute atomic E-state index is 0.0156. The maximum atomic E-state index is 11.7. The van der Waals surface area contributed by atoms with Crippen LogP contribution in [0.3, 0.4) is 0 Å². The second-order valence-electron chi connectivity index (χ2n) is 5.46. The van der Waals surface area contributed by atoms with Crippen molar-refractivity contribution in [3.8, 4) is 0 Å². The van der Waals surface area contributed by atoms with Crippen molar-refractivity contribution < 1.29 is 19.1 Å². The van der Waals surface area contributed by atoms with Crippen molar-refractivity contribution in [2.75, 3.05) is 13.7 Å². The highest BCUT2D eigenvalue weighted by Gasteiger charge is 2.56. The van der Waals surface area contributed by atoms with E-state index in [0.29, 0.717) is 18.4 Å². The fourth-order valence-corrected chi connectivity index (χ4v) is 3.85. The van der Waals surface area contributed by atoms with E-state index in [-0.39, 0.29) is 23.5 Å². The number of rotatable bonds is 1. The molecule has 0 radical (unpaired) electrons. The molecule has 1 aliphatic heterocycles. The van der Waals surface area contributed by atoms with Gasteiger partial charge in [0.1, 0.15) is 6.61 Å². The number of hydrogen-bond donors (Lipinski definition) is 1. The number of cyclic esters (lactones) is 1. The van der Waals surface area contributed by atoms with E-state index in [4.69, 9.17) is 9.47 Å². The minimum Gasteiger partial charge on any atom is -0.469 e. The molecule has 0 aromatic rings. The Labute approximate surface area is 99.8 Å². The summed E-state index contributed by atoms with van der Waals surface area (Å²) in [6, 6.07) is 0. The summed E-state index contributed by atoms with van der Waals surface area (Å²) in [5.74, 6) is 0.596. The summed E-state index contributed by atoms with van der Waals surface area (Å²) in [5.41, 5.74) is -0.204. The Morgan fingerprint density at radius 1 is 1.53 bits per heavy atom. The number of carbonyl (C=O) groups is 2. The first-order valence-corrected chi connectivity index (χ1v) is 6.17. The van der Waals surface area contributed by atoms with Gasteiger partial charge in [0, 0.05) is 0 Å². The molecule has 1 amide bonds. The normalized spacial score (nSPS) is 43.4. The molecule has 5 heteroatoms. The van der Waals surface area contributed by atoms with Crippen LogP contribution in [0.25, 0.3) is 0 Å². The van der Waals surface area contributed by atoms with Crippen LogP contribution in [0, 0.1) is 17.8 Å². The fourth-order valence-electron chi connectivity index (χ4n) is 3.85. The first kappa shape index (κ1) is 10.9. The zero-order valence-electron chi connectivity index (χ0n) is 9.90. The molecule has 3 aliphatic carbocycles. The second-order valence-corrected chi connectivity index (χ2v) is 5.46. The third kappa shape index (κ3) is 1.51.